The topological polar surface area (TPSA) is 91.3 Å². The summed E-state index contributed by atoms with van der Waals surface area (Å²) < 4.78 is 50.5. The first-order valence-electron chi connectivity index (χ1n) is 15.3. The molecule has 0 fully saturated rings. The molecule has 0 unspecified atom stereocenters. The van der Waals surface area contributed by atoms with Gasteiger partial charge in [0, 0.05) is 44.3 Å². The first-order valence-corrected chi connectivity index (χ1v) is 15.3. The molecule has 1 heterocycles. The maximum Gasteiger partial charge on any atom is 0.389 e. The lowest BCUT2D eigenvalue weighted by Crippen LogP contribution is -2.47. The lowest BCUT2D eigenvalue weighted by molar-refractivity contribution is -0.142. The minimum Gasteiger partial charge on any atom is -0.490 e. The number of nitrogens with one attached hydrogen (secondary N) is 1. The van der Waals surface area contributed by atoms with Gasteiger partial charge in [0.25, 0.3) is 5.91 Å². The number of anilines is 1. The number of halogens is 3. The number of likely N-dealkylation sites (N-methyl/N-ethyl adjacent to an activating group) is 1. The zero-order valence-electron chi connectivity index (χ0n) is 26.1. The van der Waals surface area contributed by atoms with Crippen molar-refractivity contribution < 1.29 is 37.3 Å². The summed E-state index contributed by atoms with van der Waals surface area (Å²) in [5.41, 5.74) is 1.53. The molecule has 3 rings (SSSR count). The first-order chi connectivity index (χ1) is 20.9. The van der Waals surface area contributed by atoms with Crippen LogP contribution in [0, 0.1) is 5.92 Å². The number of rotatable bonds is 9. The number of benzene rings is 2. The smallest absolute Gasteiger partial charge is 0.389 e. The SMILES string of the molecule is C[C@@H]1CCCCO[C@@H](CN(C)Cc2ccccc2)[C@@H](C)CN([C@@H](C)CO)C(=O)c2cc(NC(=O)CCC(F)(F)F)ccc2O1. The molecule has 44 heavy (non-hydrogen) atoms. The second-order valence-electron chi connectivity index (χ2n) is 11.9. The molecule has 0 spiro atoms. The number of carbonyl (C=O) groups excluding carboxylic acids is 2. The summed E-state index contributed by atoms with van der Waals surface area (Å²) in [6.07, 6.45) is -4.44. The number of aliphatic hydroxyl groups excluding tert-OH is 1. The fourth-order valence-corrected chi connectivity index (χ4v) is 5.21. The number of hydrogen-bond acceptors (Lipinski definition) is 6. The van der Waals surface area contributed by atoms with E-state index in [0.29, 0.717) is 18.9 Å². The van der Waals surface area contributed by atoms with Crippen LogP contribution >= 0.6 is 0 Å². The average molecular weight is 622 g/mol. The van der Waals surface area contributed by atoms with Gasteiger partial charge in [-0.15, -0.1) is 0 Å². The van der Waals surface area contributed by atoms with E-state index in [1.54, 1.807) is 17.9 Å². The summed E-state index contributed by atoms with van der Waals surface area (Å²) in [6.45, 7) is 7.62. The lowest BCUT2D eigenvalue weighted by Gasteiger charge is -2.36. The second-order valence-corrected chi connectivity index (χ2v) is 11.9. The molecule has 0 bridgehead atoms. The van der Waals surface area contributed by atoms with Crippen molar-refractivity contribution in [2.75, 3.05) is 38.7 Å². The van der Waals surface area contributed by atoms with Gasteiger partial charge in [0.2, 0.25) is 5.91 Å². The minimum atomic E-state index is -4.45. The third-order valence-electron chi connectivity index (χ3n) is 7.76. The highest BCUT2D eigenvalue weighted by Crippen LogP contribution is 2.29. The van der Waals surface area contributed by atoms with Gasteiger partial charge in [-0.3, -0.25) is 14.5 Å². The van der Waals surface area contributed by atoms with Crippen LogP contribution in [0.25, 0.3) is 0 Å². The highest BCUT2D eigenvalue weighted by molar-refractivity contribution is 5.99. The van der Waals surface area contributed by atoms with E-state index < -0.39 is 36.9 Å². The Morgan fingerprint density at radius 2 is 1.89 bits per heavy atom. The molecule has 2 aromatic carbocycles. The Kier molecular flexibility index (Phi) is 13.5. The van der Waals surface area contributed by atoms with Crippen molar-refractivity contribution in [3.8, 4) is 5.75 Å². The maximum absolute atomic E-state index is 14.1. The Bertz CT molecular complexity index is 1200. The molecule has 2 aromatic rings. The van der Waals surface area contributed by atoms with Gasteiger partial charge in [-0.1, -0.05) is 37.3 Å². The molecule has 244 valence electrons. The third kappa shape index (κ3) is 11.4. The molecule has 0 radical (unpaired) electrons. The van der Waals surface area contributed by atoms with Crippen molar-refractivity contribution in [2.24, 2.45) is 5.92 Å². The Morgan fingerprint density at radius 1 is 1.16 bits per heavy atom. The lowest BCUT2D eigenvalue weighted by atomic mass is 10.0. The number of ether oxygens (including phenoxy) is 2. The summed E-state index contributed by atoms with van der Waals surface area (Å²) in [4.78, 5) is 30.2. The summed E-state index contributed by atoms with van der Waals surface area (Å²) in [6, 6.07) is 14.1. The van der Waals surface area contributed by atoms with Crippen molar-refractivity contribution in [3.63, 3.8) is 0 Å². The number of aliphatic hydroxyl groups is 1. The predicted molar refractivity (Wildman–Crippen MR) is 164 cm³/mol. The monoisotopic (exact) mass is 621 g/mol. The van der Waals surface area contributed by atoms with Crippen LogP contribution in [0.4, 0.5) is 18.9 Å². The fourth-order valence-electron chi connectivity index (χ4n) is 5.21. The molecule has 8 nitrogen and oxygen atoms in total. The number of alkyl halides is 3. The minimum absolute atomic E-state index is 0.109. The molecule has 0 aromatic heterocycles. The molecule has 1 aliphatic rings. The van der Waals surface area contributed by atoms with Gasteiger partial charge in [0.05, 0.1) is 36.8 Å². The van der Waals surface area contributed by atoms with E-state index in [0.717, 1.165) is 25.8 Å². The quantitative estimate of drug-likeness (QED) is 0.363. The van der Waals surface area contributed by atoms with Gasteiger partial charge < -0.3 is 24.8 Å². The molecule has 0 aliphatic carbocycles. The molecule has 1 aliphatic heterocycles. The molecular weight excluding hydrogens is 575 g/mol. The van der Waals surface area contributed by atoms with E-state index in [1.165, 1.54) is 17.7 Å². The highest BCUT2D eigenvalue weighted by Gasteiger charge is 2.31. The third-order valence-corrected chi connectivity index (χ3v) is 7.76. The molecule has 11 heteroatoms. The maximum atomic E-state index is 14.1. The van der Waals surface area contributed by atoms with E-state index >= 15 is 0 Å². The zero-order chi connectivity index (χ0) is 32.3. The molecule has 2 N–H and O–H groups in total. The molecule has 4 atom stereocenters. The van der Waals surface area contributed by atoms with E-state index in [-0.39, 0.29) is 42.5 Å². The number of nitrogens with zero attached hydrogens (tertiary/aromatic N) is 2. The number of hydrogen-bond donors (Lipinski definition) is 2. The summed E-state index contributed by atoms with van der Waals surface area (Å²) >= 11 is 0. The van der Waals surface area contributed by atoms with E-state index in [1.807, 2.05) is 39.1 Å². The Labute approximate surface area is 258 Å². The average Bonchev–Trinajstić information content (AvgIpc) is 2.97. The van der Waals surface area contributed by atoms with Crippen LogP contribution in [0.1, 0.15) is 68.8 Å². The van der Waals surface area contributed by atoms with Crippen molar-refractivity contribution in [2.45, 2.75) is 83.8 Å². The van der Waals surface area contributed by atoms with Crippen LogP contribution in [0.5, 0.6) is 5.75 Å². The Balaban J connectivity index is 1.89. The highest BCUT2D eigenvalue weighted by atomic mass is 19.4. The largest absolute Gasteiger partial charge is 0.490 e. The van der Waals surface area contributed by atoms with Crippen LogP contribution < -0.4 is 10.1 Å². The summed E-state index contributed by atoms with van der Waals surface area (Å²) in [7, 11) is 2.04. The Hall–Kier alpha value is -3.15. The van der Waals surface area contributed by atoms with Crippen LogP contribution in [-0.2, 0) is 16.1 Å². The fraction of sp³-hybridized carbons (Fsp3) is 0.576. The number of fused-ring (bicyclic) bond motifs is 1. The molecule has 2 amide bonds. The van der Waals surface area contributed by atoms with Gasteiger partial charge in [0.1, 0.15) is 5.75 Å². The summed E-state index contributed by atoms with van der Waals surface area (Å²) in [5, 5.41) is 12.6. The van der Waals surface area contributed by atoms with Crippen molar-refractivity contribution >= 4 is 17.5 Å². The normalized spacial score (nSPS) is 21.2. The van der Waals surface area contributed by atoms with Crippen LogP contribution in [-0.4, -0.2) is 84.5 Å². The zero-order valence-corrected chi connectivity index (χ0v) is 26.1. The van der Waals surface area contributed by atoms with Crippen LogP contribution in [0.2, 0.25) is 0 Å². The predicted octanol–water partition coefficient (Wildman–Crippen LogP) is 5.90. The van der Waals surface area contributed by atoms with Crippen molar-refractivity contribution in [1.29, 1.82) is 0 Å². The summed E-state index contributed by atoms with van der Waals surface area (Å²) in [5.74, 6) is -1.02. The number of amides is 2. The van der Waals surface area contributed by atoms with E-state index in [9.17, 15) is 27.9 Å². The molecule has 0 saturated heterocycles. The van der Waals surface area contributed by atoms with Crippen molar-refractivity contribution in [1.82, 2.24) is 9.80 Å². The van der Waals surface area contributed by atoms with Gasteiger partial charge in [-0.25, -0.2) is 0 Å². The first kappa shape index (κ1) is 35.3. The molecular formula is C33H46F3N3O5. The van der Waals surface area contributed by atoms with Gasteiger partial charge >= 0.3 is 6.18 Å². The van der Waals surface area contributed by atoms with E-state index in [2.05, 4.69) is 22.3 Å². The Morgan fingerprint density at radius 3 is 2.57 bits per heavy atom. The molecule has 0 saturated carbocycles. The van der Waals surface area contributed by atoms with Crippen LogP contribution in [0.3, 0.4) is 0 Å². The standard InChI is InChI=1S/C33H46F3N3O5/c1-23-19-39(24(2)22-40)32(42)28-18-27(37-31(41)15-16-33(34,35)36)13-14-29(28)44-25(3)10-8-9-17-43-30(23)21-38(4)20-26-11-6-5-7-12-26/h5-7,11-14,18,23-25,30,40H,8-10,15-17,19-22H2,1-4H3,(H,37,41)/t23-,24-,25+,30-/m0/s1. The van der Waals surface area contributed by atoms with Gasteiger partial charge in [-0.05, 0) is 63.9 Å². The van der Waals surface area contributed by atoms with Gasteiger partial charge in [0.15, 0.2) is 0 Å². The van der Waals surface area contributed by atoms with E-state index in [4.69, 9.17) is 9.47 Å². The van der Waals surface area contributed by atoms with Crippen LogP contribution in [0.15, 0.2) is 48.5 Å². The van der Waals surface area contributed by atoms with Crippen molar-refractivity contribution in [3.05, 3.63) is 59.7 Å². The second kappa shape index (κ2) is 16.8. The number of carbonyl (C=O) groups is 2. The van der Waals surface area contributed by atoms with Gasteiger partial charge in [-0.2, -0.15) is 13.2 Å².